The minimum atomic E-state index is -0.503. The van der Waals surface area contributed by atoms with Gasteiger partial charge in [0, 0.05) is 19.6 Å². The summed E-state index contributed by atoms with van der Waals surface area (Å²) in [4.78, 5) is 20.6. The number of aromatic nitrogens is 2. The predicted molar refractivity (Wildman–Crippen MR) is 78.2 cm³/mol. The number of rotatable bonds is 5. The number of anilines is 2. The van der Waals surface area contributed by atoms with E-state index in [2.05, 4.69) is 27.1 Å². The van der Waals surface area contributed by atoms with Gasteiger partial charge < -0.3 is 15.8 Å². The number of nitrogens with two attached hydrogens (primary N) is 1. The Balaban J connectivity index is 2.07. The summed E-state index contributed by atoms with van der Waals surface area (Å²) in [6, 6.07) is 0. The first-order valence-electron chi connectivity index (χ1n) is 6.87. The molecule has 0 spiro atoms. The van der Waals surface area contributed by atoms with Crippen LogP contribution in [0.1, 0.15) is 12.6 Å². The van der Waals surface area contributed by atoms with Gasteiger partial charge in [0.25, 0.3) is 0 Å². The number of aryl methyl sites for hydroxylation is 1. The number of hydrogen-bond donors (Lipinski definition) is 2. The monoisotopic (exact) mass is 296 g/mol. The van der Waals surface area contributed by atoms with Crippen LogP contribution in [0.15, 0.2) is 0 Å². The van der Waals surface area contributed by atoms with Gasteiger partial charge in [0.2, 0.25) is 11.8 Å². The van der Waals surface area contributed by atoms with Crippen molar-refractivity contribution in [3.05, 3.63) is 15.8 Å². The molecule has 1 aromatic heterocycles. The highest BCUT2D eigenvalue weighted by Crippen LogP contribution is 2.25. The number of hydrogen-bond acceptors (Lipinski definition) is 8. The van der Waals surface area contributed by atoms with Crippen LogP contribution in [0.4, 0.5) is 17.5 Å². The number of morpholine rings is 1. The summed E-state index contributed by atoms with van der Waals surface area (Å²) in [6.07, 6.45) is -0.0326. The highest BCUT2D eigenvalue weighted by Gasteiger charge is 2.24. The van der Waals surface area contributed by atoms with Crippen molar-refractivity contribution < 1.29 is 9.66 Å². The normalized spacial score (nSPS) is 19.4. The van der Waals surface area contributed by atoms with Crippen LogP contribution in [0.5, 0.6) is 0 Å². The van der Waals surface area contributed by atoms with Gasteiger partial charge in [-0.3, -0.25) is 15.0 Å². The maximum absolute atomic E-state index is 11.1. The Morgan fingerprint density at radius 1 is 1.57 bits per heavy atom. The lowest BCUT2D eigenvalue weighted by Gasteiger charge is -2.32. The Labute approximate surface area is 122 Å². The average Bonchev–Trinajstić information content (AvgIpc) is 2.44. The van der Waals surface area contributed by atoms with E-state index in [4.69, 9.17) is 10.5 Å². The van der Waals surface area contributed by atoms with Crippen molar-refractivity contribution in [3.63, 3.8) is 0 Å². The van der Waals surface area contributed by atoms with E-state index in [0.717, 1.165) is 19.6 Å². The molecule has 1 saturated heterocycles. The summed E-state index contributed by atoms with van der Waals surface area (Å²) in [5.74, 6) is 0.155. The van der Waals surface area contributed by atoms with Gasteiger partial charge in [-0.2, -0.15) is 4.98 Å². The smallest absolute Gasteiger partial charge is 0.332 e. The van der Waals surface area contributed by atoms with Gasteiger partial charge in [-0.25, -0.2) is 4.98 Å². The first-order chi connectivity index (χ1) is 10.0. The second-order valence-corrected chi connectivity index (χ2v) is 4.89. The van der Waals surface area contributed by atoms with Crippen molar-refractivity contribution in [2.75, 3.05) is 43.8 Å². The molecule has 1 fully saturated rings. The Bertz CT molecular complexity index is 524. The SMILES string of the molecule is CCN1CCOC(CNc2nc(N)nc(C)c2[N+](=O)[O-])C1. The Morgan fingerprint density at radius 3 is 3.00 bits per heavy atom. The molecule has 0 amide bonds. The van der Waals surface area contributed by atoms with E-state index in [1.54, 1.807) is 0 Å². The van der Waals surface area contributed by atoms with Crippen molar-refractivity contribution in [2.24, 2.45) is 0 Å². The molecule has 0 aromatic carbocycles. The van der Waals surface area contributed by atoms with Crippen LogP contribution >= 0.6 is 0 Å². The quantitative estimate of drug-likeness (QED) is 0.592. The lowest BCUT2D eigenvalue weighted by Crippen LogP contribution is -2.45. The van der Waals surface area contributed by atoms with Crippen LogP contribution in [0, 0.1) is 17.0 Å². The molecule has 1 aromatic rings. The molecule has 9 nitrogen and oxygen atoms in total. The molecule has 1 atom stereocenters. The minimum absolute atomic E-state index is 0.0142. The van der Waals surface area contributed by atoms with Gasteiger partial charge in [-0.05, 0) is 13.5 Å². The average molecular weight is 296 g/mol. The molecule has 0 aliphatic carbocycles. The van der Waals surface area contributed by atoms with Gasteiger partial charge in [-0.15, -0.1) is 0 Å². The topological polar surface area (TPSA) is 119 Å². The predicted octanol–water partition coefficient (Wildman–Crippen LogP) is 0.408. The Hall–Kier alpha value is -2.00. The molecule has 1 aliphatic heterocycles. The summed E-state index contributed by atoms with van der Waals surface area (Å²) in [7, 11) is 0. The maximum Gasteiger partial charge on any atom is 0.332 e. The van der Waals surface area contributed by atoms with Gasteiger partial charge in [0.05, 0.1) is 17.6 Å². The highest BCUT2D eigenvalue weighted by atomic mass is 16.6. The van der Waals surface area contributed by atoms with Crippen molar-refractivity contribution >= 4 is 17.5 Å². The second-order valence-electron chi connectivity index (χ2n) is 4.89. The van der Waals surface area contributed by atoms with E-state index >= 15 is 0 Å². The summed E-state index contributed by atoms with van der Waals surface area (Å²) >= 11 is 0. The number of nitrogens with one attached hydrogen (secondary N) is 1. The zero-order chi connectivity index (χ0) is 15.4. The molecule has 2 rings (SSSR count). The van der Waals surface area contributed by atoms with Crippen LogP contribution in [0.25, 0.3) is 0 Å². The zero-order valence-corrected chi connectivity index (χ0v) is 12.2. The van der Waals surface area contributed by atoms with Gasteiger partial charge in [0.15, 0.2) is 0 Å². The number of ether oxygens (including phenoxy) is 1. The van der Waals surface area contributed by atoms with E-state index in [9.17, 15) is 10.1 Å². The van der Waals surface area contributed by atoms with Crippen LogP contribution in [0.2, 0.25) is 0 Å². The standard InChI is InChI=1S/C12H20N6O3/c1-3-17-4-5-21-9(7-17)6-14-11-10(18(19)20)8(2)15-12(13)16-11/h9H,3-7H2,1-2H3,(H3,13,14,15,16). The third-order valence-electron chi connectivity index (χ3n) is 3.43. The first-order valence-corrected chi connectivity index (χ1v) is 6.87. The van der Waals surface area contributed by atoms with Crippen LogP contribution in [-0.2, 0) is 4.74 Å². The molecule has 116 valence electrons. The van der Waals surface area contributed by atoms with E-state index in [-0.39, 0.29) is 29.3 Å². The minimum Gasteiger partial charge on any atom is -0.374 e. The van der Waals surface area contributed by atoms with Crippen molar-refractivity contribution in [1.82, 2.24) is 14.9 Å². The molecule has 0 radical (unpaired) electrons. The maximum atomic E-state index is 11.1. The fourth-order valence-corrected chi connectivity index (χ4v) is 2.33. The van der Waals surface area contributed by atoms with Crippen molar-refractivity contribution in [3.8, 4) is 0 Å². The molecule has 0 saturated carbocycles. The summed E-state index contributed by atoms with van der Waals surface area (Å²) in [5.41, 5.74) is 5.66. The molecular weight excluding hydrogens is 276 g/mol. The van der Waals surface area contributed by atoms with Crippen LogP contribution < -0.4 is 11.1 Å². The van der Waals surface area contributed by atoms with E-state index in [1.807, 2.05) is 0 Å². The Morgan fingerprint density at radius 2 is 2.33 bits per heavy atom. The summed E-state index contributed by atoms with van der Waals surface area (Å²) in [5, 5.41) is 14.1. The second kappa shape index (κ2) is 6.64. The van der Waals surface area contributed by atoms with Crippen molar-refractivity contribution in [1.29, 1.82) is 0 Å². The lowest BCUT2D eigenvalue weighted by molar-refractivity contribution is -0.385. The fourth-order valence-electron chi connectivity index (χ4n) is 2.33. The molecule has 1 aliphatic rings. The number of nitrogens with zero attached hydrogens (tertiary/aromatic N) is 4. The van der Waals surface area contributed by atoms with E-state index in [0.29, 0.717) is 13.2 Å². The van der Waals surface area contributed by atoms with Crippen molar-refractivity contribution in [2.45, 2.75) is 20.0 Å². The molecule has 9 heteroatoms. The molecule has 1 unspecified atom stereocenters. The number of nitrogen functional groups attached to an aromatic ring is 1. The summed E-state index contributed by atoms with van der Waals surface area (Å²) in [6.45, 7) is 7.38. The van der Waals surface area contributed by atoms with Gasteiger partial charge in [-0.1, -0.05) is 6.92 Å². The highest BCUT2D eigenvalue weighted by molar-refractivity contribution is 5.60. The number of nitro groups is 1. The molecule has 0 bridgehead atoms. The summed E-state index contributed by atoms with van der Waals surface area (Å²) < 4.78 is 5.64. The van der Waals surface area contributed by atoms with E-state index in [1.165, 1.54) is 6.92 Å². The Kier molecular flexibility index (Phi) is 4.86. The third-order valence-corrected chi connectivity index (χ3v) is 3.43. The van der Waals surface area contributed by atoms with Crippen LogP contribution in [0.3, 0.4) is 0 Å². The first kappa shape index (κ1) is 15.4. The van der Waals surface area contributed by atoms with Gasteiger partial charge >= 0.3 is 5.69 Å². The molecule has 3 N–H and O–H groups in total. The fraction of sp³-hybridized carbons (Fsp3) is 0.667. The lowest BCUT2D eigenvalue weighted by atomic mass is 10.2. The molecular formula is C12H20N6O3. The van der Waals surface area contributed by atoms with Gasteiger partial charge in [0.1, 0.15) is 5.69 Å². The molecule has 21 heavy (non-hydrogen) atoms. The van der Waals surface area contributed by atoms with E-state index < -0.39 is 4.92 Å². The van der Waals surface area contributed by atoms with Crippen LogP contribution in [-0.4, -0.2) is 58.7 Å². The largest absolute Gasteiger partial charge is 0.374 e. The number of likely N-dealkylation sites (N-methyl/N-ethyl adjacent to an activating group) is 1. The zero-order valence-electron chi connectivity index (χ0n) is 12.2. The third kappa shape index (κ3) is 3.76. The molecule has 2 heterocycles.